The first-order valence-corrected chi connectivity index (χ1v) is 6.25. The number of ketones is 1. The van der Waals surface area contributed by atoms with Gasteiger partial charge in [-0.3, -0.25) is 4.79 Å². The minimum Gasteiger partial charge on any atom is -0.485 e. The smallest absolute Gasteiger partial charge is 0.419 e. The number of alkyl halides is 3. The molecule has 0 aliphatic carbocycles. The van der Waals surface area contributed by atoms with E-state index in [0.717, 1.165) is 6.07 Å². The zero-order valence-electron chi connectivity index (χ0n) is 10.8. The molecule has 1 aliphatic heterocycles. The van der Waals surface area contributed by atoms with E-state index < -0.39 is 17.3 Å². The van der Waals surface area contributed by atoms with Crippen molar-refractivity contribution in [3.63, 3.8) is 0 Å². The fourth-order valence-corrected chi connectivity index (χ4v) is 2.37. The van der Waals surface area contributed by atoms with Crippen LogP contribution in [0.25, 0.3) is 0 Å². The van der Waals surface area contributed by atoms with Crippen molar-refractivity contribution in [3.05, 3.63) is 29.3 Å². The number of para-hydroxylation sites is 1. The molecule has 0 unspecified atom stereocenters. The lowest BCUT2D eigenvalue weighted by molar-refractivity contribution is -0.140. The van der Waals surface area contributed by atoms with E-state index in [0.29, 0.717) is 12.8 Å². The molecule has 2 rings (SSSR count). The van der Waals surface area contributed by atoms with Gasteiger partial charge in [-0.05, 0) is 25.0 Å². The molecule has 0 saturated heterocycles. The van der Waals surface area contributed by atoms with Gasteiger partial charge in [0.2, 0.25) is 0 Å². The Hall–Kier alpha value is -1.52. The van der Waals surface area contributed by atoms with E-state index in [2.05, 4.69) is 0 Å². The largest absolute Gasteiger partial charge is 0.485 e. The maximum Gasteiger partial charge on any atom is 0.419 e. The third kappa shape index (κ3) is 2.33. The Kier molecular flexibility index (Phi) is 3.32. The molecule has 0 atom stereocenters. The Morgan fingerprint density at radius 1 is 1.26 bits per heavy atom. The highest BCUT2D eigenvalue weighted by atomic mass is 19.4. The summed E-state index contributed by atoms with van der Waals surface area (Å²) in [5, 5.41) is 0. The van der Waals surface area contributed by atoms with Crippen LogP contribution in [0.2, 0.25) is 0 Å². The average Bonchev–Trinajstić information content (AvgIpc) is 2.36. The number of benzene rings is 1. The van der Waals surface area contributed by atoms with Crippen molar-refractivity contribution >= 4 is 5.78 Å². The van der Waals surface area contributed by atoms with Crippen LogP contribution in [0.15, 0.2) is 18.2 Å². The SMILES string of the molecule is CCC1(CC)CC(=O)c2cccc(C(F)(F)F)c2O1. The summed E-state index contributed by atoms with van der Waals surface area (Å²) in [4.78, 5) is 12.1. The Bertz CT molecular complexity index is 502. The zero-order valence-corrected chi connectivity index (χ0v) is 10.8. The van der Waals surface area contributed by atoms with Gasteiger partial charge in [0, 0.05) is 0 Å². The molecule has 0 spiro atoms. The third-order valence-corrected chi connectivity index (χ3v) is 3.71. The molecule has 0 N–H and O–H groups in total. The standard InChI is InChI=1S/C14H15F3O2/c1-3-13(4-2)8-11(18)9-6-5-7-10(12(9)19-13)14(15,16)17/h5-7H,3-4,8H2,1-2H3. The molecule has 0 saturated carbocycles. The lowest BCUT2D eigenvalue weighted by Crippen LogP contribution is -2.41. The van der Waals surface area contributed by atoms with Gasteiger partial charge in [0.1, 0.15) is 11.4 Å². The number of hydrogen-bond donors (Lipinski definition) is 0. The van der Waals surface area contributed by atoms with Crippen LogP contribution in [0.1, 0.15) is 49.0 Å². The summed E-state index contributed by atoms with van der Waals surface area (Å²) in [6, 6.07) is 3.59. The summed E-state index contributed by atoms with van der Waals surface area (Å²) in [6.07, 6.45) is -3.38. The van der Waals surface area contributed by atoms with Gasteiger partial charge in [0.25, 0.3) is 0 Å². The van der Waals surface area contributed by atoms with Crippen LogP contribution in [0.5, 0.6) is 5.75 Å². The van der Waals surface area contributed by atoms with Crippen molar-refractivity contribution in [1.82, 2.24) is 0 Å². The van der Waals surface area contributed by atoms with Gasteiger partial charge in [0.05, 0.1) is 17.5 Å². The third-order valence-electron chi connectivity index (χ3n) is 3.71. The first kappa shape index (κ1) is 13.9. The van der Waals surface area contributed by atoms with Crippen LogP contribution in [-0.4, -0.2) is 11.4 Å². The zero-order chi connectivity index (χ0) is 14.3. The molecular weight excluding hydrogens is 257 g/mol. The van der Waals surface area contributed by atoms with Crippen LogP contribution in [-0.2, 0) is 6.18 Å². The molecule has 19 heavy (non-hydrogen) atoms. The first-order valence-electron chi connectivity index (χ1n) is 6.25. The second-order valence-electron chi connectivity index (χ2n) is 4.77. The summed E-state index contributed by atoms with van der Waals surface area (Å²) >= 11 is 0. The summed E-state index contributed by atoms with van der Waals surface area (Å²) in [5.41, 5.74) is -1.65. The Labute approximate surface area is 109 Å². The van der Waals surface area contributed by atoms with E-state index >= 15 is 0 Å². The number of ether oxygens (including phenoxy) is 1. The quantitative estimate of drug-likeness (QED) is 0.805. The number of carbonyl (C=O) groups is 1. The number of carbonyl (C=O) groups excluding carboxylic acids is 1. The second kappa shape index (κ2) is 4.54. The van der Waals surface area contributed by atoms with Crippen molar-refractivity contribution in [2.24, 2.45) is 0 Å². The van der Waals surface area contributed by atoms with Gasteiger partial charge in [-0.2, -0.15) is 13.2 Å². The number of hydrogen-bond acceptors (Lipinski definition) is 2. The Balaban J connectivity index is 2.59. The topological polar surface area (TPSA) is 26.3 Å². The molecule has 1 aromatic carbocycles. The van der Waals surface area contributed by atoms with Crippen LogP contribution in [0, 0.1) is 0 Å². The highest BCUT2D eigenvalue weighted by Crippen LogP contribution is 2.44. The normalized spacial score (nSPS) is 17.8. The van der Waals surface area contributed by atoms with Crippen LogP contribution in [0.3, 0.4) is 0 Å². The van der Waals surface area contributed by atoms with Gasteiger partial charge >= 0.3 is 6.18 Å². The fourth-order valence-electron chi connectivity index (χ4n) is 2.37. The molecule has 1 heterocycles. The highest BCUT2D eigenvalue weighted by molar-refractivity contribution is 6.00. The summed E-state index contributed by atoms with van der Waals surface area (Å²) in [7, 11) is 0. The minimum absolute atomic E-state index is 0.0346. The molecular formula is C14H15F3O2. The molecule has 0 aromatic heterocycles. The van der Waals surface area contributed by atoms with Crippen molar-refractivity contribution in [2.75, 3.05) is 0 Å². The minimum atomic E-state index is -4.52. The monoisotopic (exact) mass is 272 g/mol. The molecule has 5 heteroatoms. The van der Waals surface area contributed by atoms with E-state index in [9.17, 15) is 18.0 Å². The number of fused-ring (bicyclic) bond motifs is 1. The first-order chi connectivity index (χ1) is 8.83. The van der Waals surface area contributed by atoms with Gasteiger partial charge in [-0.25, -0.2) is 0 Å². The van der Waals surface area contributed by atoms with E-state index in [1.54, 1.807) is 0 Å². The van der Waals surface area contributed by atoms with Gasteiger partial charge in [-0.1, -0.05) is 19.9 Å². The average molecular weight is 272 g/mol. The summed E-state index contributed by atoms with van der Waals surface area (Å²) in [5.74, 6) is -0.592. The maximum absolute atomic E-state index is 13.0. The van der Waals surface area contributed by atoms with Crippen LogP contribution >= 0.6 is 0 Å². The van der Waals surface area contributed by atoms with E-state index in [4.69, 9.17) is 4.74 Å². The van der Waals surface area contributed by atoms with Gasteiger partial charge < -0.3 is 4.74 Å². The summed E-state index contributed by atoms with van der Waals surface area (Å²) in [6.45, 7) is 3.63. The molecule has 0 bridgehead atoms. The number of halogens is 3. The fraction of sp³-hybridized carbons (Fsp3) is 0.500. The lowest BCUT2D eigenvalue weighted by Gasteiger charge is -2.37. The lowest BCUT2D eigenvalue weighted by atomic mass is 9.85. The Morgan fingerprint density at radius 2 is 1.89 bits per heavy atom. The predicted molar refractivity (Wildman–Crippen MR) is 64.3 cm³/mol. The second-order valence-corrected chi connectivity index (χ2v) is 4.77. The van der Waals surface area contributed by atoms with E-state index in [-0.39, 0.29) is 23.5 Å². The molecule has 2 nitrogen and oxygen atoms in total. The molecule has 1 aromatic rings. The Morgan fingerprint density at radius 3 is 2.42 bits per heavy atom. The van der Waals surface area contributed by atoms with E-state index in [1.165, 1.54) is 12.1 Å². The number of rotatable bonds is 2. The van der Waals surface area contributed by atoms with Gasteiger partial charge in [0.15, 0.2) is 5.78 Å². The van der Waals surface area contributed by atoms with Crippen LogP contribution in [0.4, 0.5) is 13.2 Å². The van der Waals surface area contributed by atoms with Crippen molar-refractivity contribution in [2.45, 2.75) is 44.9 Å². The van der Waals surface area contributed by atoms with Crippen LogP contribution < -0.4 is 4.74 Å². The number of Topliss-reactive ketones (excluding diaryl/α,β-unsaturated/α-hetero) is 1. The molecule has 0 amide bonds. The van der Waals surface area contributed by atoms with Gasteiger partial charge in [-0.15, -0.1) is 0 Å². The molecule has 0 radical (unpaired) electrons. The highest BCUT2D eigenvalue weighted by Gasteiger charge is 2.43. The predicted octanol–water partition coefficient (Wildman–Crippen LogP) is 4.23. The molecule has 1 aliphatic rings. The van der Waals surface area contributed by atoms with Crippen molar-refractivity contribution in [3.8, 4) is 5.75 Å². The van der Waals surface area contributed by atoms with Crippen molar-refractivity contribution < 1.29 is 22.7 Å². The summed E-state index contributed by atoms with van der Waals surface area (Å²) < 4.78 is 44.5. The van der Waals surface area contributed by atoms with Crippen molar-refractivity contribution in [1.29, 1.82) is 0 Å². The molecule has 0 fully saturated rings. The molecule has 104 valence electrons. The maximum atomic E-state index is 13.0. The van der Waals surface area contributed by atoms with E-state index in [1.807, 2.05) is 13.8 Å².